The number of rotatable bonds is 8. The highest BCUT2D eigenvalue weighted by atomic mass is 16.3. The molecule has 110 valence electrons. The number of nitrogens with zero attached hydrogens (tertiary/aromatic N) is 3. The lowest BCUT2D eigenvalue weighted by atomic mass is 10.2. The minimum Gasteiger partial charge on any atom is -0.472 e. The molecule has 2 aromatic rings. The second kappa shape index (κ2) is 7.14. The molecule has 0 fully saturated rings. The molecule has 0 aliphatic carbocycles. The average molecular weight is 276 g/mol. The lowest BCUT2D eigenvalue weighted by Crippen LogP contribution is -2.27. The van der Waals surface area contributed by atoms with E-state index < -0.39 is 0 Å². The van der Waals surface area contributed by atoms with Crippen molar-refractivity contribution in [2.75, 3.05) is 25.0 Å². The molecule has 5 nitrogen and oxygen atoms in total. The third-order valence-corrected chi connectivity index (χ3v) is 3.60. The van der Waals surface area contributed by atoms with E-state index in [1.165, 1.54) is 0 Å². The van der Waals surface area contributed by atoms with Crippen molar-refractivity contribution < 1.29 is 4.42 Å². The van der Waals surface area contributed by atoms with E-state index in [1.807, 2.05) is 16.9 Å². The van der Waals surface area contributed by atoms with Crippen molar-refractivity contribution in [1.29, 1.82) is 0 Å². The summed E-state index contributed by atoms with van der Waals surface area (Å²) in [5.41, 5.74) is 2.18. The molecule has 5 heteroatoms. The standard InChI is InChI=1S/C15H24N4O/c1-4-18(5-2)7-8-19-11-15(10-16-19)17-13(3)14-6-9-20-12-14/h6,9-13,17H,4-5,7-8H2,1-3H3. The third-order valence-electron chi connectivity index (χ3n) is 3.60. The number of nitrogens with one attached hydrogen (secondary N) is 1. The van der Waals surface area contributed by atoms with Gasteiger partial charge in [0, 0.05) is 18.3 Å². The molecule has 0 bridgehead atoms. The molecule has 2 rings (SSSR count). The van der Waals surface area contributed by atoms with E-state index in [0.717, 1.165) is 37.4 Å². The summed E-state index contributed by atoms with van der Waals surface area (Å²) in [6, 6.07) is 2.19. The fourth-order valence-electron chi connectivity index (χ4n) is 2.20. The number of hydrogen-bond donors (Lipinski definition) is 1. The number of furan rings is 1. The first kappa shape index (κ1) is 14.7. The van der Waals surface area contributed by atoms with Crippen LogP contribution in [0.3, 0.4) is 0 Å². The smallest absolute Gasteiger partial charge is 0.0955 e. The maximum atomic E-state index is 5.10. The highest BCUT2D eigenvalue weighted by molar-refractivity contribution is 5.40. The van der Waals surface area contributed by atoms with Crippen LogP contribution in [0.5, 0.6) is 0 Å². The number of likely N-dealkylation sites (N-methyl/N-ethyl adjacent to an activating group) is 1. The maximum absolute atomic E-state index is 5.10. The van der Waals surface area contributed by atoms with Gasteiger partial charge in [0.2, 0.25) is 0 Å². The van der Waals surface area contributed by atoms with Crippen molar-refractivity contribution in [3.63, 3.8) is 0 Å². The molecule has 2 aromatic heterocycles. The second-order valence-electron chi connectivity index (χ2n) is 4.94. The summed E-state index contributed by atoms with van der Waals surface area (Å²) in [7, 11) is 0. The highest BCUT2D eigenvalue weighted by Gasteiger charge is 2.08. The van der Waals surface area contributed by atoms with Crippen molar-refractivity contribution in [1.82, 2.24) is 14.7 Å². The quantitative estimate of drug-likeness (QED) is 0.805. The van der Waals surface area contributed by atoms with Crippen LogP contribution in [0, 0.1) is 0 Å². The molecule has 0 aromatic carbocycles. The van der Waals surface area contributed by atoms with Crippen LogP contribution in [0.15, 0.2) is 35.4 Å². The van der Waals surface area contributed by atoms with E-state index in [1.54, 1.807) is 12.5 Å². The summed E-state index contributed by atoms with van der Waals surface area (Å²) in [4.78, 5) is 2.39. The summed E-state index contributed by atoms with van der Waals surface area (Å²) >= 11 is 0. The van der Waals surface area contributed by atoms with Gasteiger partial charge in [0.25, 0.3) is 0 Å². The molecular weight excluding hydrogens is 252 g/mol. The van der Waals surface area contributed by atoms with Crippen molar-refractivity contribution in [2.24, 2.45) is 0 Å². The number of anilines is 1. The first-order valence-corrected chi connectivity index (χ1v) is 7.26. The first-order valence-electron chi connectivity index (χ1n) is 7.26. The van der Waals surface area contributed by atoms with E-state index in [4.69, 9.17) is 4.42 Å². The van der Waals surface area contributed by atoms with Crippen LogP contribution in [0.2, 0.25) is 0 Å². The van der Waals surface area contributed by atoms with Gasteiger partial charge in [-0.25, -0.2) is 0 Å². The fraction of sp³-hybridized carbons (Fsp3) is 0.533. The van der Waals surface area contributed by atoms with Gasteiger partial charge in [0.15, 0.2) is 0 Å². The van der Waals surface area contributed by atoms with Crippen LogP contribution in [0.1, 0.15) is 32.4 Å². The lowest BCUT2D eigenvalue weighted by molar-refractivity contribution is 0.285. The van der Waals surface area contributed by atoms with E-state index in [0.29, 0.717) is 0 Å². The number of aromatic nitrogens is 2. The van der Waals surface area contributed by atoms with E-state index >= 15 is 0 Å². The molecule has 0 amide bonds. The van der Waals surface area contributed by atoms with Gasteiger partial charge in [0.05, 0.1) is 37.0 Å². The van der Waals surface area contributed by atoms with Crippen LogP contribution in [0.25, 0.3) is 0 Å². The summed E-state index contributed by atoms with van der Waals surface area (Å²) < 4.78 is 7.09. The molecule has 20 heavy (non-hydrogen) atoms. The Morgan fingerprint density at radius 3 is 2.85 bits per heavy atom. The molecule has 0 radical (unpaired) electrons. The van der Waals surface area contributed by atoms with E-state index in [2.05, 4.69) is 42.3 Å². The molecule has 0 saturated heterocycles. The molecule has 0 aliphatic heterocycles. The fourth-order valence-corrected chi connectivity index (χ4v) is 2.20. The third kappa shape index (κ3) is 3.87. The predicted molar refractivity (Wildman–Crippen MR) is 80.8 cm³/mol. The first-order chi connectivity index (χ1) is 9.72. The Hall–Kier alpha value is -1.75. The molecule has 1 atom stereocenters. The van der Waals surface area contributed by atoms with Crippen LogP contribution < -0.4 is 5.32 Å². The average Bonchev–Trinajstić information content (AvgIpc) is 3.11. The molecule has 0 saturated carbocycles. The van der Waals surface area contributed by atoms with Crippen molar-refractivity contribution >= 4 is 5.69 Å². The summed E-state index contributed by atoms with van der Waals surface area (Å²) in [6.07, 6.45) is 7.39. The Kier molecular flexibility index (Phi) is 5.24. The number of hydrogen-bond acceptors (Lipinski definition) is 4. The SMILES string of the molecule is CCN(CC)CCn1cc(NC(C)c2ccoc2)cn1. The van der Waals surface area contributed by atoms with Gasteiger partial charge in [-0.05, 0) is 26.1 Å². The Morgan fingerprint density at radius 1 is 1.40 bits per heavy atom. The van der Waals surface area contributed by atoms with Gasteiger partial charge in [-0.15, -0.1) is 0 Å². The topological polar surface area (TPSA) is 46.2 Å². The zero-order valence-electron chi connectivity index (χ0n) is 12.5. The maximum Gasteiger partial charge on any atom is 0.0955 e. The van der Waals surface area contributed by atoms with Gasteiger partial charge >= 0.3 is 0 Å². The Morgan fingerprint density at radius 2 is 2.20 bits per heavy atom. The normalized spacial score (nSPS) is 12.8. The highest BCUT2D eigenvalue weighted by Crippen LogP contribution is 2.18. The summed E-state index contributed by atoms with van der Waals surface area (Å²) in [6.45, 7) is 10.6. The van der Waals surface area contributed by atoms with Gasteiger partial charge in [-0.3, -0.25) is 4.68 Å². The Balaban J connectivity index is 1.86. The molecule has 1 unspecified atom stereocenters. The summed E-state index contributed by atoms with van der Waals surface area (Å²) in [5.74, 6) is 0. The van der Waals surface area contributed by atoms with E-state index in [9.17, 15) is 0 Å². The largest absolute Gasteiger partial charge is 0.472 e. The van der Waals surface area contributed by atoms with Crippen LogP contribution in [0.4, 0.5) is 5.69 Å². The zero-order valence-corrected chi connectivity index (χ0v) is 12.5. The van der Waals surface area contributed by atoms with Crippen molar-refractivity contribution in [3.8, 4) is 0 Å². The molecule has 0 spiro atoms. The van der Waals surface area contributed by atoms with Gasteiger partial charge in [-0.2, -0.15) is 5.10 Å². The van der Waals surface area contributed by atoms with Gasteiger partial charge < -0.3 is 14.6 Å². The van der Waals surface area contributed by atoms with E-state index in [-0.39, 0.29) is 6.04 Å². The molecular formula is C15H24N4O. The molecule has 2 heterocycles. The van der Waals surface area contributed by atoms with Crippen molar-refractivity contribution in [3.05, 3.63) is 36.5 Å². The second-order valence-corrected chi connectivity index (χ2v) is 4.94. The summed E-state index contributed by atoms with van der Waals surface area (Å²) in [5, 5.41) is 7.82. The monoisotopic (exact) mass is 276 g/mol. The predicted octanol–water partition coefficient (Wildman–Crippen LogP) is 2.99. The van der Waals surface area contributed by atoms with Crippen LogP contribution in [-0.2, 0) is 6.54 Å². The van der Waals surface area contributed by atoms with Gasteiger partial charge in [0.1, 0.15) is 0 Å². The Labute approximate surface area is 120 Å². The Bertz CT molecular complexity index is 488. The lowest BCUT2D eigenvalue weighted by Gasteiger charge is -2.17. The van der Waals surface area contributed by atoms with Crippen molar-refractivity contribution in [2.45, 2.75) is 33.4 Å². The molecule has 1 N–H and O–H groups in total. The zero-order chi connectivity index (χ0) is 14.4. The minimum absolute atomic E-state index is 0.217. The van der Waals surface area contributed by atoms with Gasteiger partial charge in [-0.1, -0.05) is 13.8 Å². The minimum atomic E-state index is 0.217. The van der Waals surface area contributed by atoms with Crippen LogP contribution in [-0.4, -0.2) is 34.3 Å². The van der Waals surface area contributed by atoms with Crippen LogP contribution >= 0.6 is 0 Å². The molecule has 0 aliphatic rings.